The second-order valence-electron chi connectivity index (χ2n) is 17.7. The van der Waals surface area contributed by atoms with Crippen LogP contribution in [0.5, 0.6) is 0 Å². The first kappa shape index (κ1) is 45.6. The van der Waals surface area contributed by atoms with E-state index < -0.39 is 0 Å². The van der Waals surface area contributed by atoms with Gasteiger partial charge in [0.15, 0.2) is 0 Å². The molecule has 12 rings (SSSR count). The summed E-state index contributed by atoms with van der Waals surface area (Å²) in [6.45, 7) is 8.91. The van der Waals surface area contributed by atoms with E-state index in [0.717, 1.165) is 56.9 Å². The van der Waals surface area contributed by atoms with Crippen molar-refractivity contribution in [1.29, 1.82) is 0 Å². The Labute approximate surface area is 423 Å². The molecular weight excluding hydrogens is 1040 g/mol. The number of para-hydroxylation sites is 2. The van der Waals surface area contributed by atoms with E-state index in [1.54, 1.807) is 11.3 Å². The van der Waals surface area contributed by atoms with E-state index in [2.05, 4.69) is 222 Å². The number of hydrogen-bond acceptors (Lipinski definition) is 4. The summed E-state index contributed by atoms with van der Waals surface area (Å²) in [5, 5.41) is 2.08. The van der Waals surface area contributed by atoms with Crippen molar-refractivity contribution < 1.29 is 20.1 Å². The van der Waals surface area contributed by atoms with Gasteiger partial charge in [0, 0.05) is 40.8 Å². The summed E-state index contributed by atoms with van der Waals surface area (Å²) < 4.78 is 1.20. The second kappa shape index (κ2) is 19.5. The van der Waals surface area contributed by atoms with Crippen LogP contribution in [-0.4, -0.2) is 15.0 Å². The van der Waals surface area contributed by atoms with Gasteiger partial charge in [-0.1, -0.05) is 172 Å². The summed E-state index contributed by atoms with van der Waals surface area (Å²) in [5.41, 5.74) is 21.3. The summed E-state index contributed by atoms with van der Waals surface area (Å²) in [6.07, 6.45) is 2.15. The summed E-state index contributed by atoms with van der Waals surface area (Å²) in [4.78, 5) is 15.0. The molecule has 0 amide bonds. The molecule has 1 aliphatic carbocycles. The fourth-order valence-corrected chi connectivity index (χ4v) is 11.2. The number of benzene rings is 9. The Bertz CT molecular complexity index is 3590. The Morgan fingerprint density at radius 3 is 1.78 bits per heavy atom. The van der Waals surface area contributed by atoms with Crippen molar-refractivity contribution in [1.82, 2.24) is 15.0 Å². The van der Waals surface area contributed by atoms with Crippen LogP contribution in [-0.2, 0) is 25.5 Å². The van der Waals surface area contributed by atoms with Crippen LogP contribution in [0.4, 0.5) is 0 Å². The van der Waals surface area contributed by atoms with Gasteiger partial charge < -0.3 is 0 Å². The molecule has 0 N–H and O–H groups in total. The predicted molar refractivity (Wildman–Crippen MR) is 286 cm³/mol. The molecule has 0 aliphatic heterocycles. The van der Waals surface area contributed by atoms with E-state index in [9.17, 15) is 0 Å². The van der Waals surface area contributed by atoms with Gasteiger partial charge in [0.05, 0.1) is 22.6 Å². The molecule has 11 aromatic rings. The average molecular weight is 1080 g/mol. The molecular formula is C64H49IrN3S-2. The van der Waals surface area contributed by atoms with Crippen molar-refractivity contribution in [2.45, 2.75) is 46.0 Å². The van der Waals surface area contributed by atoms with Crippen molar-refractivity contribution in [3.05, 3.63) is 235 Å². The molecule has 3 nitrogen and oxygen atoms in total. The summed E-state index contributed by atoms with van der Waals surface area (Å²) in [7, 11) is 0. The Morgan fingerprint density at radius 2 is 1.07 bits per heavy atom. The molecule has 0 saturated carbocycles. The third-order valence-corrected chi connectivity index (χ3v) is 14.9. The SMILES string of the molecule is CCC1(CC)c2c[c-]c(-c3nc(-c4c(C)cccc4C)c4ccccc4n3)cc2-c2ccccc21.[Ir].[c-]1ccc(-c2cccc(-c3cccc(-c4ccccc4)c3)c2)cc1-c1nc2ccccc2s1. The molecule has 0 fully saturated rings. The van der Waals surface area contributed by atoms with Crippen LogP contribution in [0.25, 0.3) is 98.8 Å². The molecule has 337 valence electrons. The van der Waals surface area contributed by atoms with E-state index in [0.29, 0.717) is 0 Å². The van der Waals surface area contributed by atoms with Crippen LogP contribution in [0.3, 0.4) is 0 Å². The molecule has 1 radical (unpaired) electrons. The van der Waals surface area contributed by atoms with E-state index in [4.69, 9.17) is 15.0 Å². The van der Waals surface area contributed by atoms with E-state index in [1.807, 2.05) is 18.2 Å². The Kier molecular flexibility index (Phi) is 12.9. The van der Waals surface area contributed by atoms with Gasteiger partial charge >= 0.3 is 0 Å². The number of thiazole rings is 1. The fourth-order valence-electron chi connectivity index (χ4n) is 10.3. The minimum Gasteiger partial charge on any atom is -0.285 e. The van der Waals surface area contributed by atoms with Crippen molar-refractivity contribution in [3.8, 4) is 77.7 Å². The third kappa shape index (κ3) is 8.57. The van der Waals surface area contributed by atoms with Gasteiger partial charge in [0.2, 0.25) is 0 Å². The smallest absolute Gasteiger partial charge is 0.0763 e. The molecule has 1 aliphatic rings. The van der Waals surface area contributed by atoms with Crippen LogP contribution in [0.15, 0.2) is 200 Å². The van der Waals surface area contributed by atoms with Crippen molar-refractivity contribution >= 4 is 32.5 Å². The quantitative estimate of drug-likeness (QED) is 0.142. The van der Waals surface area contributed by atoms with Gasteiger partial charge in [-0.05, 0) is 99.7 Å². The maximum Gasteiger partial charge on any atom is 0.0763 e. The Morgan fingerprint density at radius 1 is 0.478 bits per heavy atom. The zero-order valence-electron chi connectivity index (χ0n) is 39.0. The summed E-state index contributed by atoms with van der Waals surface area (Å²) in [6, 6.07) is 77.6. The van der Waals surface area contributed by atoms with Gasteiger partial charge in [-0.2, -0.15) is 11.3 Å². The molecule has 0 bridgehead atoms. The maximum absolute atomic E-state index is 5.18. The molecule has 2 heterocycles. The van der Waals surface area contributed by atoms with E-state index in [-0.39, 0.29) is 25.5 Å². The number of hydrogen-bond donors (Lipinski definition) is 0. The van der Waals surface area contributed by atoms with Gasteiger partial charge in [-0.15, -0.1) is 64.7 Å². The third-order valence-electron chi connectivity index (χ3n) is 13.8. The molecule has 0 unspecified atom stereocenters. The van der Waals surface area contributed by atoms with E-state index in [1.165, 1.54) is 77.0 Å². The van der Waals surface area contributed by atoms with Crippen molar-refractivity contribution in [2.75, 3.05) is 0 Å². The molecule has 0 saturated heterocycles. The first-order valence-corrected chi connectivity index (χ1v) is 24.4. The van der Waals surface area contributed by atoms with Crippen molar-refractivity contribution in [2.24, 2.45) is 0 Å². The van der Waals surface area contributed by atoms with Gasteiger partial charge in [-0.3, -0.25) is 15.0 Å². The average Bonchev–Trinajstić information content (AvgIpc) is 3.97. The van der Waals surface area contributed by atoms with Gasteiger partial charge in [-0.25, -0.2) is 0 Å². The molecule has 5 heteroatoms. The standard InChI is InChI=1S/C33H29N2.C31H20NS.Ir/c1-5-33(6-2)27-16-9-7-14-24(27)26-20-23(18-19-28(26)33)32-34-29-17-10-8-15-25(29)31(35-32)30-21(3)12-11-13-22(30)4;1-2-9-22(10-3-1)23-11-6-12-24(19-23)25-13-7-14-26(20-25)27-15-8-16-28(21-27)31-32-29-17-4-5-18-30(29)33-31;/h7-17,19-20H,5-6H2,1-4H3;1-15,17-21H;/q2*-1;. The minimum absolute atomic E-state index is 0. The van der Waals surface area contributed by atoms with Crippen LogP contribution >= 0.6 is 11.3 Å². The monoisotopic (exact) mass is 1080 g/mol. The number of aryl methyl sites for hydroxylation is 2. The zero-order chi connectivity index (χ0) is 46.2. The van der Waals surface area contributed by atoms with E-state index >= 15 is 0 Å². The Balaban J connectivity index is 0.000000158. The normalized spacial score (nSPS) is 12.2. The van der Waals surface area contributed by atoms with Gasteiger partial charge in [0.1, 0.15) is 0 Å². The molecule has 0 atom stereocenters. The largest absolute Gasteiger partial charge is 0.285 e. The molecule has 2 aromatic heterocycles. The van der Waals surface area contributed by atoms with Crippen molar-refractivity contribution in [3.63, 3.8) is 0 Å². The molecule has 69 heavy (non-hydrogen) atoms. The van der Waals surface area contributed by atoms with Gasteiger partial charge in [0.25, 0.3) is 0 Å². The number of aromatic nitrogens is 3. The number of rotatable bonds is 8. The topological polar surface area (TPSA) is 38.7 Å². The predicted octanol–water partition coefficient (Wildman–Crippen LogP) is 17.2. The van der Waals surface area contributed by atoms with Crippen LogP contribution in [0.2, 0.25) is 0 Å². The molecule has 0 spiro atoms. The summed E-state index contributed by atoms with van der Waals surface area (Å²) in [5.74, 6) is 0.729. The first-order chi connectivity index (χ1) is 33.4. The number of fused-ring (bicyclic) bond motifs is 5. The molecule has 9 aromatic carbocycles. The fraction of sp³-hybridized carbons (Fsp3) is 0.109. The van der Waals surface area contributed by atoms with Crippen LogP contribution < -0.4 is 0 Å². The second-order valence-corrected chi connectivity index (χ2v) is 18.7. The first-order valence-electron chi connectivity index (χ1n) is 23.5. The number of nitrogens with zero attached hydrogens (tertiary/aromatic N) is 3. The summed E-state index contributed by atoms with van der Waals surface area (Å²) >= 11 is 1.71. The zero-order valence-corrected chi connectivity index (χ0v) is 42.3. The van der Waals surface area contributed by atoms with Crippen LogP contribution in [0.1, 0.15) is 48.9 Å². The Hall–Kier alpha value is -7.14. The van der Waals surface area contributed by atoms with Crippen LogP contribution in [0, 0.1) is 26.0 Å². The maximum atomic E-state index is 5.18. The minimum atomic E-state index is 0.